The number of fused-ring (bicyclic) bond motifs is 1. The zero-order chi connectivity index (χ0) is 16.2. The lowest BCUT2D eigenvalue weighted by atomic mass is 10.1. The van der Waals surface area contributed by atoms with Crippen molar-refractivity contribution in [3.63, 3.8) is 0 Å². The topological polar surface area (TPSA) is 50.4 Å². The van der Waals surface area contributed by atoms with Crippen LogP contribution in [0.5, 0.6) is 0 Å². The Kier molecular flexibility index (Phi) is 6.23. The number of aryl methyl sites for hydroxylation is 1. The fourth-order valence-corrected chi connectivity index (χ4v) is 2.84. The molecule has 0 bridgehead atoms. The van der Waals surface area contributed by atoms with Gasteiger partial charge in [0.15, 0.2) is 5.96 Å². The summed E-state index contributed by atoms with van der Waals surface area (Å²) >= 11 is 3.54. The van der Waals surface area contributed by atoms with E-state index in [1.54, 1.807) is 0 Å². The van der Waals surface area contributed by atoms with Crippen LogP contribution in [0, 0.1) is 0 Å². The molecule has 0 aliphatic rings. The first-order valence-electron chi connectivity index (χ1n) is 7.54. The fourth-order valence-electron chi connectivity index (χ4n) is 2.49. The minimum atomic E-state index is 0. The van der Waals surface area contributed by atoms with E-state index in [2.05, 4.69) is 63.5 Å². The molecule has 0 aliphatic carbocycles. The SMILES string of the molecule is CCc1ccc(Br)c(NC(N)=Nc2cccc3ccccc23)c1.Cl. The van der Waals surface area contributed by atoms with Crippen molar-refractivity contribution in [2.24, 2.45) is 10.7 Å². The van der Waals surface area contributed by atoms with Gasteiger partial charge in [0.25, 0.3) is 0 Å². The maximum atomic E-state index is 6.11. The van der Waals surface area contributed by atoms with Gasteiger partial charge in [-0.25, -0.2) is 4.99 Å². The predicted octanol–water partition coefficient (Wildman–Crippen LogP) is 5.64. The highest BCUT2D eigenvalue weighted by Gasteiger charge is 2.04. The molecule has 0 fully saturated rings. The van der Waals surface area contributed by atoms with Gasteiger partial charge < -0.3 is 11.1 Å². The number of aliphatic imine (C=N–C) groups is 1. The quantitative estimate of drug-likeness (QED) is 0.438. The van der Waals surface area contributed by atoms with Crippen molar-refractivity contribution in [2.75, 3.05) is 5.32 Å². The third kappa shape index (κ3) is 4.08. The molecule has 124 valence electrons. The van der Waals surface area contributed by atoms with Crippen molar-refractivity contribution in [3.05, 3.63) is 70.7 Å². The Morgan fingerprint density at radius 1 is 1.08 bits per heavy atom. The van der Waals surface area contributed by atoms with Crippen molar-refractivity contribution >= 4 is 56.4 Å². The molecule has 0 amide bonds. The minimum absolute atomic E-state index is 0. The number of nitrogens with one attached hydrogen (secondary N) is 1. The van der Waals surface area contributed by atoms with Gasteiger partial charge in [-0.05, 0) is 51.5 Å². The maximum Gasteiger partial charge on any atom is 0.198 e. The summed E-state index contributed by atoms with van der Waals surface area (Å²) in [6.45, 7) is 2.13. The molecule has 5 heteroatoms. The van der Waals surface area contributed by atoms with E-state index < -0.39 is 0 Å². The molecule has 3 rings (SSSR count). The summed E-state index contributed by atoms with van der Waals surface area (Å²) in [4.78, 5) is 4.54. The van der Waals surface area contributed by atoms with Crippen LogP contribution in [0.25, 0.3) is 10.8 Å². The zero-order valence-corrected chi connectivity index (χ0v) is 15.7. The van der Waals surface area contributed by atoms with E-state index in [9.17, 15) is 0 Å². The minimum Gasteiger partial charge on any atom is -0.369 e. The molecule has 0 unspecified atom stereocenters. The van der Waals surface area contributed by atoms with Gasteiger partial charge in [-0.3, -0.25) is 0 Å². The maximum absolute atomic E-state index is 6.11. The van der Waals surface area contributed by atoms with Crippen LogP contribution in [-0.2, 0) is 6.42 Å². The van der Waals surface area contributed by atoms with Gasteiger partial charge in [-0.15, -0.1) is 12.4 Å². The third-order valence-corrected chi connectivity index (χ3v) is 4.40. The van der Waals surface area contributed by atoms with Crippen LogP contribution in [0.2, 0.25) is 0 Å². The molecule has 0 radical (unpaired) electrons. The number of halogens is 2. The molecule has 0 atom stereocenters. The second-order valence-electron chi connectivity index (χ2n) is 5.29. The number of nitrogens with zero attached hydrogens (tertiary/aromatic N) is 1. The molecular weight excluding hydrogens is 386 g/mol. The van der Waals surface area contributed by atoms with Gasteiger partial charge in [-0.2, -0.15) is 0 Å². The standard InChI is InChI=1S/C19H18BrN3.ClH/c1-2-13-10-11-16(20)18(12-13)23-19(21)22-17-9-5-7-14-6-3-4-8-15(14)17;/h3-12H,2H2,1H3,(H3,21,22,23);1H. The van der Waals surface area contributed by atoms with Gasteiger partial charge in [0.1, 0.15) is 0 Å². The van der Waals surface area contributed by atoms with E-state index in [4.69, 9.17) is 5.73 Å². The molecule has 0 aromatic heterocycles. The second kappa shape index (κ2) is 8.18. The average molecular weight is 405 g/mol. The second-order valence-corrected chi connectivity index (χ2v) is 6.14. The van der Waals surface area contributed by atoms with E-state index >= 15 is 0 Å². The zero-order valence-electron chi connectivity index (χ0n) is 13.3. The highest BCUT2D eigenvalue weighted by molar-refractivity contribution is 9.10. The third-order valence-electron chi connectivity index (χ3n) is 3.71. The Labute approximate surface area is 156 Å². The largest absolute Gasteiger partial charge is 0.369 e. The summed E-state index contributed by atoms with van der Waals surface area (Å²) in [5.41, 5.74) is 9.13. The van der Waals surface area contributed by atoms with Crippen molar-refractivity contribution in [3.8, 4) is 0 Å². The van der Waals surface area contributed by atoms with Gasteiger partial charge >= 0.3 is 0 Å². The number of guanidine groups is 1. The van der Waals surface area contributed by atoms with Crippen LogP contribution in [0.4, 0.5) is 11.4 Å². The van der Waals surface area contributed by atoms with Gasteiger partial charge in [0, 0.05) is 9.86 Å². The molecular formula is C19H19BrClN3. The molecule has 0 heterocycles. The molecule has 0 spiro atoms. The van der Waals surface area contributed by atoms with Crippen LogP contribution in [-0.4, -0.2) is 5.96 Å². The summed E-state index contributed by atoms with van der Waals surface area (Å²) in [7, 11) is 0. The Morgan fingerprint density at radius 2 is 1.83 bits per heavy atom. The molecule has 0 saturated heterocycles. The Hall–Kier alpha value is -2.04. The smallest absolute Gasteiger partial charge is 0.198 e. The van der Waals surface area contributed by atoms with Crippen LogP contribution < -0.4 is 11.1 Å². The van der Waals surface area contributed by atoms with Crippen molar-refractivity contribution < 1.29 is 0 Å². The lowest BCUT2D eigenvalue weighted by molar-refractivity contribution is 1.14. The van der Waals surface area contributed by atoms with E-state index in [0.717, 1.165) is 33.0 Å². The Morgan fingerprint density at radius 3 is 2.62 bits per heavy atom. The van der Waals surface area contributed by atoms with Crippen molar-refractivity contribution in [1.29, 1.82) is 0 Å². The fraction of sp³-hybridized carbons (Fsp3) is 0.105. The van der Waals surface area contributed by atoms with E-state index in [1.807, 2.05) is 30.3 Å². The van der Waals surface area contributed by atoms with Crippen LogP contribution in [0.3, 0.4) is 0 Å². The number of nitrogens with two attached hydrogens (primary N) is 1. The van der Waals surface area contributed by atoms with Crippen LogP contribution >= 0.6 is 28.3 Å². The highest BCUT2D eigenvalue weighted by Crippen LogP contribution is 2.27. The number of hydrogen-bond donors (Lipinski definition) is 2. The summed E-state index contributed by atoms with van der Waals surface area (Å²) in [6.07, 6.45) is 0.975. The van der Waals surface area contributed by atoms with Gasteiger partial charge in [0.2, 0.25) is 0 Å². The molecule has 24 heavy (non-hydrogen) atoms. The van der Waals surface area contributed by atoms with Gasteiger partial charge in [-0.1, -0.05) is 49.4 Å². The predicted molar refractivity (Wildman–Crippen MR) is 110 cm³/mol. The molecule has 0 saturated carbocycles. The number of hydrogen-bond acceptors (Lipinski definition) is 1. The molecule has 0 aliphatic heterocycles. The first-order valence-corrected chi connectivity index (χ1v) is 8.34. The highest BCUT2D eigenvalue weighted by atomic mass is 79.9. The summed E-state index contributed by atoms with van der Waals surface area (Å²) in [5.74, 6) is 0.371. The van der Waals surface area contributed by atoms with Crippen molar-refractivity contribution in [2.45, 2.75) is 13.3 Å². The normalized spacial score (nSPS) is 11.2. The Balaban J connectivity index is 0.00000208. The van der Waals surface area contributed by atoms with Crippen LogP contribution in [0.1, 0.15) is 12.5 Å². The van der Waals surface area contributed by atoms with E-state index in [-0.39, 0.29) is 12.4 Å². The number of anilines is 1. The lowest BCUT2D eigenvalue weighted by Crippen LogP contribution is -2.22. The van der Waals surface area contributed by atoms with Gasteiger partial charge in [0.05, 0.1) is 11.4 Å². The monoisotopic (exact) mass is 403 g/mol. The molecule has 3 aromatic rings. The van der Waals surface area contributed by atoms with E-state index in [1.165, 1.54) is 5.56 Å². The molecule has 3 N–H and O–H groups in total. The average Bonchev–Trinajstić information content (AvgIpc) is 2.57. The van der Waals surface area contributed by atoms with Crippen molar-refractivity contribution in [1.82, 2.24) is 0 Å². The molecule has 3 aromatic carbocycles. The van der Waals surface area contributed by atoms with E-state index in [0.29, 0.717) is 5.96 Å². The lowest BCUT2D eigenvalue weighted by Gasteiger charge is -2.10. The summed E-state index contributed by atoms with van der Waals surface area (Å²) in [5, 5.41) is 5.41. The van der Waals surface area contributed by atoms with Crippen LogP contribution in [0.15, 0.2) is 70.1 Å². The number of rotatable bonds is 3. The molecule has 3 nitrogen and oxygen atoms in total. The first kappa shape index (κ1) is 18.3. The first-order chi connectivity index (χ1) is 11.2. The summed E-state index contributed by atoms with van der Waals surface area (Å²) in [6, 6.07) is 20.4. The summed E-state index contributed by atoms with van der Waals surface area (Å²) < 4.78 is 0.964. The Bertz CT molecular complexity index is 872. The number of benzene rings is 3.